The molecule has 10 heteroatoms. The molecule has 2 heterocycles. The minimum absolute atomic E-state index is 0.0345. The summed E-state index contributed by atoms with van der Waals surface area (Å²) in [6, 6.07) is 28.6. The van der Waals surface area contributed by atoms with Crippen LogP contribution in [-0.2, 0) is 29.9 Å². The smallest absolute Gasteiger partial charge is 0.305 e. The van der Waals surface area contributed by atoms with Crippen LogP contribution in [0.3, 0.4) is 0 Å². The molecular weight excluding hydrogens is 817 g/mol. The molecule has 6 rings (SSSR count). The van der Waals surface area contributed by atoms with Crippen LogP contribution in [0.15, 0.2) is 94.7 Å². The van der Waals surface area contributed by atoms with Crippen LogP contribution in [0.2, 0.25) is 0 Å². The number of methoxy groups -OCH3 is 4. The normalized spacial score (nSPS) is 20.2. The molecule has 4 atom stereocenters. The van der Waals surface area contributed by atoms with E-state index in [1.807, 2.05) is 30.0 Å². The highest BCUT2D eigenvalue weighted by atomic mass is 32.2. The van der Waals surface area contributed by atoms with Crippen LogP contribution in [0.4, 0.5) is 0 Å². The van der Waals surface area contributed by atoms with Gasteiger partial charge < -0.3 is 29.2 Å². The van der Waals surface area contributed by atoms with Crippen molar-refractivity contribution >= 4 is 35.5 Å². The van der Waals surface area contributed by atoms with Gasteiger partial charge in [0.25, 0.3) is 0 Å². The molecule has 0 saturated carbocycles. The largest absolute Gasteiger partial charge is 0.508 e. The number of phenolic OH excluding ortho intramolecular Hbond substituents is 2. The van der Waals surface area contributed by atoms with Crippen molar-refractivity contribution in [1.29, 1.82) is 0 Å². The maximum Gasteiger partial charge on any atom is 0.305 e. The van der Waals surface area contributed by atoms with Gasteiger partial charge in [0.15, 0.2) is 0 Å². The number of hydrogen-bond acceptors (Lipinski definition) is 10. The molecule has 4 aromatic rings. The van der Waals surface area contributed by atoms with Crippen LogP contribution < -0.4 is 9.47 Å². The van der Waals surface area contributed by atoms with Gasteiger partial charge in [0, 0.05) is 45.0 Å². The second-order valence-corrected chi connectivity index (χ2v) is 19.2. The highest BCUT2D eigenvalue weighted by Crippen LogP contribution is 2.54. The first kappa shape index (κ1) is 48.7. The predicted octanol–water partition coefficient (Wildman–Crippen LogP) is 12.9. The van der Waals surface area contributed by atoms with Crippen LogP contribution in [0.1, 0.15) is 138 Å². The molecule has 8 nitrogen and oxygen atoms in total. The van der Waals surface area contributed by atoms with E-state index in [2.05, 4.69) is 62.4 Å². The van der Waals surface area contributed by atoms with Crippen molar-refractivity contribution in [3.05, 3.63) is 107 Å². The van der Waals surface area contributed by atoms with Gasteiger partial charge in [-0.2, -0.15) is 0 Å². The van der Waals surface area contributed by atoms with Gasteiger partial charge >= 0.3 is 11.9 Å². The van der Waals surface area contributed by atoms with Crippen LogP contribution >= 0.6 is 23.5 Å². The number of unbranched alkanes of at least 4 members (excludes halogenated alkanes) is 8. The molecule has 0 fully saturated rings. The standard InChI is InChI=1S/C27H36O4S.C25H32O4S/c1-27(20-12-14-21(29-2)15-13-20)19-32-25-18-22(30-3)16-17-23(25)24(27)10-8-6-5-7-9-11-26(28)31-4;1-25(18-10-12-19(26)13-11-18)17-30-23-16-20(27)14-15-21(23)22(25)8-6-4-3-5-7-9-24(28)29-2/h12-18,24H,5-11,19H2,1-4H3;10-16,22,26-27H,3-9,17H2,1-2H3/t;22-,25-/m.1/s1. The van der Waals surface area contributed by atoms with Crippen LogP contribution in [0.5, 0.6) is 23.0 Å². The lowest BCUT2D eigenvalue weighted by molar-refractivity contribution is -0.141. The molecule has 0 aliphatic carbocycles. The first-order chi connectivity index (χ1) is 29.9. The number of ether oxygens (including phenoxy) is 4. The fourth-order valence-corrected chi connectivity index (χ4v) is 12.0. The summed E-state index contributed by atoms with van der Waals surface area (Å²) >= 11 is 3.74. The number of esters is 2. The Labute approximate surface area is 378 Å². The third-order valence-electron chi connectivity index (χ3n) is 13.0. The average Bonchev–Trinajstić information content (AvgIpc) is 3.29. The summed E-state index contributed by atoms with van der Waals surface area (Å²) < 4.78 is 20.3. The lowest BCUT2D eigenvalue weighted by Gasteiger charge is -2.43. The fraction of sp³-hybridized carbons (Fsp3) is 0.500. The Hall–Kier alpha value is -4.28. The second-order valence-electron chi connectivity index (χ2n) is 17.2. The molecule has 0 spiro atoms. The molecule has 336 valence electrons. The van der Waals surface area contributed by atoms with Gasteiger partial charge in [-0.15, -0.1) is 23.5 Å². The summed E-state index contributed by atoms with van der Waals surface area (Å²) in [7, 11) is 6.34. The zero-order chi connectivity index (χ0) is 44.5. The lowest BCUT2D eigenvalue weighted by atomic mass is 9.68. The third kappa shape index (κ3) is 12.9. The van der Waals surface area contributed by atoms with Gasteiger partial charge in [0.1, 0.15) is 23.0 Å². The monoisotopic (exact) mass is 884 g/mol. The zero-order valence-electron chi connectivity index (χ0n) is 37.7. The van der Waals surface area contributed by atoms with E-state index >= 15 is 0 Å². The maximum absolute atomic E-state index is 11.3. The number of rotatable bonds is 20. The van der Waals surface area contributed by atoms with E-state index in [1.54, 1.807) is 44.2 Å². The molecule has 0 radical (unpaired) electrons. The van der Waals surface area contributed by atoms with Crippen LogP contribution in [-0.4, -0.2) is 62.1 Å². The third-order valence-corrected chi connectivity index (χ3v) is 15.9. The number of carbonyl (C=O) groups excluding carboxylic acids is 2. The number of fused-ring (bicyclic) bond motifs is 2. The van der Waals surface area contributed by atoms with Crippen molar-refractivity contribution in [2.24, 2.45) is 0 Å². The van der Waals surface area contributed by atoms with E-state index in [-0.39, 0.29) is 22.8 Å². The van der Waals surface area contributed by atoms with Crippen molar-refractivity contribution < 1.29 is 38.7 Å². The topological polar surface area (TPSA) is 112 Å². The molecule has 4 aromatic carbocycles. The molecule has 0 bridgehead atoms. The molecule has 0 aromatic heterocycles. The van der Waals surface area contributed by atoms with E-state index in [9.17, 15) is 19.8 Å². The van der Waals surface area contributed by atoms with Crippen molar-refractivity contribution in [2.75, 3.05) is 39.9 Å². The van der Waals surface area contributed by atoms with Crippen molar-refractivity contribution in [3.63, 3.8) is 0 Å². The highest BCUT2D eigenvalue weighted by Gasteiger charge is 2.42. The highest BCUT2D eigenvalue weighted by molar-refractivity contribution is 7.99. The Morgan fingerprint density at radius 1 is 0.532 bits per heavy atom. The summed E-state index contributed by atoms with van der Waals surface area (Å²) in [5, 5.41) is 19.7. The van der Waals surface area contributed by atoms with E-state index in [4.69, 9.17) is 18.9 Å². The number of phenols is 2. The van der Waals surface area contributed by atoms with Gasteiger partial charge in [-0.3, -0.25) is 9.59 Å². The quantitative estimate of drug-likeness (QED) is 0.0657. The second kappa shape index (κ2) is 24.0. The maximum atomic E-state index is 11.3. The van der Waals surface area contributed by atoms with Gasteiger partial charge in [-0.1, -0.05) is 102 Å². The van der Waals surface area contributed by atoms with Gasteiger partial charge in [-0.25, -0.2) is 0 Å². The molecule has 2 aliphatic rings. The molecule has 2 unspecified atom stereocenters. The minimum atomic E-state index is -0.126. The van der Waals surface area contributed by atoms with E-state index < -0.39 is 0 Å². The SMILES string of the molecule is COC(=O)CCCCCCCC1c2ccc(OC)cc2SCC1(C)c1ccc(OC)cc1.COC(=O)CCCCCCC[C@@H]1c2ccc(O)cc2SC[C@]1(C)c1ccc(O)cc1. The van der Waals surface area contributed by atoms with Gasteiger partial charge in [-0.05, 0) is 108 Å². The van der Waals surface area contributed by atoms with Gasteiger partial charge in [0.2, 0.25) is 0 Å². The lowest BCUT2D eigenvalue weighted by Crippen LogP contribution is -2.36. The van der Waals surface area contributed by atoms with Crippen LogP contribution in [0.25, 0.3) is 0 Å². The minimum Gasteiger partial charge on any atom is -0.508 e. The van der Waals surface area contributed by atoms with E-state index in [0.29, 0.717) is 36.2 Å². The summed E-state index contributed by atoms with van der Waals surface area (Å²) in [5.74, 6) is 5.00. The first-order valence-corrected chi connectivity index (χ1v) is 24.3. The molecule has 62 heavy (non-hydrogen) atoms. The summed E-state index contributed by atoms with van der Waals surface area (Å²) in [6.07, 6.45) is 14.1. The molecule has 2 aliphatic heterocycles. The van der Waals surface area contributed by atoms with E-state index in [0.717, 1.165) is 87.2 Å². The van der Waals surface area contributed by atoms with E-state index in [1.165, 1.54) is 59.1 Å². The zero-order valence-corrected chi connectivity index (χ0v) is 39.3. The predicted molar refractivity (Wildman–Crippen MR) is 253 cm³/mol. The molecular formula is C52H68O8S2. The average molecular weight is 885 g/mol. The molecule has 0 amide bonds. The van der Waals surface area contributed by atoms with Crippen molar-refractivity contribution in [3.8, 4) is 23.0 Å². The van der Waals surface area contributed by atoms with Crippen LogP contribution in [0, 0.1) is 0 Å². The number of benzene rings is 4. The number of carbonyl (C=O) groups is 2. The Balaban J connectivity index is 0.000000235. The summed E-state index contributed by atoms with van der Waals surface area (Å²) in [5.41, 5.74) is 5.39. The Morgan fingerprint density at radius 3 is 1.42 bits per heavy atom. The first-order valence-electron chi connectivity index (χ1n) is 22.3. The number of aromatic hydroxyl groups is 2. The molecule has 0 saturated heterocycles. The number of thioether (sulfide) groups is 2. The van der Waals surface area contributed by atoms with Crippen molar-refractivity contribution in [1.82, 2.24) is 0 Å². The fourth-order valence-electron chi connectivity index (χ4n) is 9.16. The Kier molecular flexibility index (Phi) is 18.8. The summed E-state index contributed by atoms with van der Waals surface area (Å²) in [6.45, 7) is 4.74. The Morgan fingerprint density at radius 2 is 0.935 bits per heavy atom. The van der Waals surface area contributed by atoms with Gasteiger partial charge in [0.05, 0.1) is 28.4 Å². The Bertz CT molecular complexity index is 2020. The van der Waals surface area contributed by atoms with Crippen molar-refractivity contribution in [2.45, 2.75) is 136 Å². The number of hydrogen-bond donors (Lipinski definition) is 2. The molecule has 2 N–H and O–H groups in total. The summed E-state index contributed by atoms with van der Waals surface area (Å²) in [4.78, 5) is 25.0.